The van der Waals surface area contributed by atoms with E-state index in [1.165, 1.54) is 37.5 Å². The van der Waals surface area contributed by atoms with Crippen LogP contribution in [0.15, 0.2) is 24.3 Å². The highest BCUT2D eigenvalue weighted by molar-refractivity contribution is 5.81. The number of methoxy groups -OCH3 is 1. The van der Waals surface area contributed by atoms with Crippen LogP contribution >= 0.6 is 0 Å². The van der Waals surface area contributed by atoms with Crippen LogP contribution in [0.1, 0.15) is 75.8 Å². The molecule has 1 heterocycles. The number of nitrogens with one attached hydrogen (secondary N) is 1. The number of hydrogen-bond donors (Lipinski definition) is 1. The summed E-state index contributed by atoms with van der Waals surface area (Å²) in [6, 6.07) is 9.17. The topological polar surface area (TPSA) is 58.6 Å². The molecule has 3 aliphatic rings. The maximum absolute atomic E-state index is 12.8. The van der Waals surface area contributed by atoms with Crippen LogP contribution in [0.2, 0.25) is 0 Å². The van der Waals surface area contributed by atoms with Crippen LogP contribution in [0.4, 0.5) is 4.79 Å². The van der Waals surface area contributed by atoms with Crippen LogP contribution in [0.5, 0.6) is 0 Å². The molecule has 3 fully saturated rings. The first kappa shape index (κ1) is 20.2. The second-order valence-corrected chi connectivity index (χ2v) is 10.2. The largest absolute Gasteiger partial charge is 0.453 e. The summed E-state index contributed by atoms with van der Waals surface area (Å²) in [4.78, 5) is 26.3. The van der Waals surface area contributed by atoms with E-state index in [0.29, 0.717) is 30.1 Å². The van der Waals surface area contributed by atoms with Gasteiger partial charge in [-0.25, -0.2) is 4.79 Å². The van der Waals surface area contributed by atoms with Crippen molar-refractivity contribution in [2.75, 3.05) is 20.2 Å². The monoisotopic (exact) mass is 398 g/mol. The number of hydrogen-bond acceptors (Lipinski definition) is 3. The van der Waals surface area contributed by atoms with Gasteiger partial charge in [-0.3, -0.25) is 4.79 Å². The van der Waals surface area contributed by atoms with Crippen LogP contribution in [0, 0.1) is 11.3 Å². The van der Waals surface area contributed by atoms with Crippen molar-refractivity contribution in [2.24, 2.45) is 11.3 Å². The number of nitrogens with zero attached hydrogens (tertiary/aromatic N) is 1. The zero-order chi connectivity index (χ0) is 20.8. The first-order chi connectivity index (χ1) is 13.7. The lowest BCUT2D eigenvalue weighted by molar-refractivity contribution is -0.153. The predicted molar refractivity (Wildman–Crippen MR) is 113 cm³/mol. The number of carbonyl (C=O) groups excluding carboxylic acids is 2. The molecule has 5 nitrogen and oxygen atoms in total. The fourth-order valence-corrected chi connectivity index (χ4v) is 5.71. The van der Waals surface area contributed by atoms with Crippen molar-refractivity contribution in [1.82, 2.24) is 10.2 Å². The predicted octanol–water partition coefficient (Wildman–Crippen LogP) is 4.43. The van der Waals surface area contributed by atoms with Crippen LogP contribution in [0.25, 0.3) is 0 Å². The average Bonchev–Trinajstić information content (AvgIpc) is 3.10. The SMILES string of the molecule is COC(=O)N[C@]1(C)C[C@H](C(=O)N2CC3(CCC(c4ccc(C(C)C)cc4)C3)C2)C1. The summed E-state index contributed by atoms with van der Waals surface area (Å²) in [6.07, 6.45) is 4.64. The Labute approximate surface area is 174 Å². The molecule has 1 atom stereocenters. The number of carbonyl (C=O) groups is 2. The Kier molecular flexibility index (Phi) is 5.12. The van der Waals surface area contributed by atoms with E-state index in [0.717, 1.165) is 13.1 Å². The smallest absolute Gasteiger partial charge is 0.407 e. The number of amides is 2. The van der Waals surface area contributed by atoms with Crippen molar-refractivity contribution in [2.45, 2.75) is 70.3 Å². The summed E-state index contributed by atoms with van der Waals surface area (Å²) in [6.45, 7) is 8.26. The standard InChI is InChI=1S/C24H34N2O3/c1-16(2)17-5-7-18(8-6-17)19-9-10-24(13-19)14-26(15-24)21(27)20-11-23(3,12-20)25-22(28)29-4/h5-8,16,19-20H,9-15H2,1-4H3,(H,25,28)/t19?,20-,23+. The molecule has 158 valence electrons. The van der Waals surface area contributed by atoms with Crippen LogP contribution in [-0.2, 0) is 9.53 Å². The second-order valence-electron chi connectivity index (χ2n) is 10.2. The van der Waals surface area contributed by atoms with E-state index in [1.54, 1.807) is 0 Å². The summed E-state index contributed by atoms with van der Waals surface area (Å²) in [5, 5.41) is 2.85. The molecular weight excluding hydrogens is 364 g/mol. The third kappa shape index (κ3) is 3.88. The Morgan fingerprint density at radius 1 is 1.14 bits per heavy atom. The lowest BCUT2D eigenvalue weighted by atomic mass is 9.67. The van der Waals surface area contributed by atoms with Crippen LogP contribution in [0.3, 0.4) is 0 Å². The molecule has 2 aliphatic carbocycles. The molecule has 1 aliphatic heterocycles. The lowest BCUT2D eigenvalue weighted by Crippen LogP contribution is -2.63. The van der Waals surface area contributed by atoms with Gasteiger partial charge in [-0.1, -0.05) is 38.1 Å². The Morgan fingerprint density at radius 3 is 2.38 bits per heavy atom. The maximum Gasteiger partial charge on any atom is 0.407 e. The third-order valence-corrected chi connectivity index (χ3v) is 7.47. The second kappa shape index (κ2) is 7.33. The first-order valence-corrected chi connectivity index (χ1v) is 11.0. The quantitative estimate of drug-likeness (QED) is 0.816. The Hall–Kier alpha value is -2.04. The molecule has 1 N–H and O–H groups in total. The minimum atomic E-state index is -0.417. The summed E-state index contributed by atoms with van der Waals surface area (Å²) in [5.41, 5.74) is 2.88. The lowest BCUT2D eigenvalue weighted by Gasteiger charge is -2.53. The van der Waals surface area contributed by atoms with Crippen molar-refractivity contribution < 1.29 is 14.3 Å². The van der Waals surface area contributed by atoms with Gasteiger partial charge in [-0.05, 0) is 62.0 Å². The third-order valence-electron chi connectivity index (χ3n) is 7.47. The molecule has 2 saturated carbocycles. The zero-order valence-corrected chi connectivity index (χ0v) is 18.2. The van der Waals surface area contributed by atoms with Crippen molar-refractivity contribution in [3.05, 3.63) is 35.4 Å². The minimum absolute atomic E-state index is 0.0373. The molecule has 1 aromatic rings. The number of alkyl carbamates (subject to hydrolysis) is 1. The summed E-state index contributed by atoms with van der Waals surface area (Å²) >= 11 is 0. The van der Waals surface area contributed by atoms with Gasteiger partial charge >= 0.3 is 6.09 Å². The number of likely N-dealkylation sites (tertiary alicyclic amines) is 1. The van der Waals surface area contributed by atoms with E-state index in [9.17, 15) is 9.59 Å². The first-order valence-electron chi connectivity index (χ1n) is 11.0. The molecule has 0 radical (unpaired) electrons. The summed E-state index contributed by atoms with van der Waals surface area (Å²) < 4.78 is 4.68. The number of ether oxygens (including phenoxy) is 1. The minimum Gasteiger partial charge on any atom is -0.453 e. The van der Waals surface area contributed by atoms with Crippen molar-refractivity contribution in [3.8, 4) is 0 Å². The fraction of sp³-hybridized carbons (Fsp3) is 0.667. The average molecular weight is 399 g/mol. The highest BCUT2D eigenvalue weighted by atomic mass is 16.5. The van der Waals surface area contributed by atoms with Crippen molar-refractivity contribution in [1.29, 1.82) is 0 Å². The molecule has 1 unspecified atom stereocenters. The zero-order valence-electron chi connectivity index (χ0n) is 18.2. The van der Waals surface area contributed by atoms with Crippen LogP contribution in [-0.4, -0.2) is 42.6 Å². The summed E-state index contributed by atoms with van der Waals surface area (Å²) in [5.74, 6) is 1.51. The van der Waals surface area contributed by atoms with E-state index in [1.807, 2.05) is 11.8 Å². The van der Waals surface area contributed by atoms with Gasteiger partial charge in [-0.15, -0.1) is 0 Å². The molecular formula is C24H34N2O3. The van der Waals surface area contributed by atoms with Crippen molar-refractivity contribution in [3.63, 3.8) is 0 Å². The molecule has 1 saturated heterocycles. The van der Waals surface area contributed by atoms with Gasteiger partial charge in [0.25, 0.3) is 0 Å². The maximum atomic E-state index is 12.8. The highest BCUT2D eigenvalue weighted by Gasteiger charge is 2.53. The molecule has 0 bridgehead atoms. The van der Waals surface area contributed by atoms with Gasteiger partial charge in [0.15, 0.2) is 0 Å². The Balaban J connectivity index is 1.27. The molecule has 29 heavy (non-hydrogen) atoms. The van der Waals surface area contributed by atoms with Gasteiger partial charge in [0, 0.05) is 30.0 Å². The molecule has 1 spiro atoms. The summed E-state index contributed by atoms with van der Waals surface area (Å²) in [7, 11) is 1.37. The molecule has 4 rings (SSSR count). The van der Waals surface area contributed by atoms with Gasteiger partial charge < -0.3 is 15.0 Å². The Morgan fingerprint density at radius 2 is 1.79 bits per heavy atom. The van der Waals surface area contributed by atoms with E-state index in [-0.39, 0.29) is 17.4 Å². The van der Waals surface area contributed by atoms with Gasteiger partial charge in [-0.2, -0.15) is 0 Å². The highest BCUT2D eigenvalue weighted by Crippen LogP contribution is 2.52. The van der Waals surface area contributed by atoms with Gasteiger partial charge in [0.05, 0.1) is 7.11 Å². The number of benzene rings is 1. The van der Waals surface area contributed by atoms with E-state index < -0.39 is 6.09 Å². The van der Waals surface area contributed by atoms with E-state index >= 15 is 0 Å². The van der Waals surface area contributed by atoms with Gasteiger partial charge in [0.2, 0.25) is 5.91 Å². The van der Waals surface area contributed by atoms with Crippen LogP contribution < -0.4 is 5.32 Å². The molecule has 5 heteroatoms. The van der Waals surface area contributed by atoms with Crippen molar-refractivity contribution >= 4 is 12.0 Å². The van der Waals surface area contributed by atoms with E-state index in [4.69, 9.17) is 0 Å². The fourth-order valence-electron chi connectivity index (χ4n) is 5.71. The number of rotatable bonds is 4. The molecule has 1 aromatic carbocycles. The van der Waals surface area contributed by atoms with Gasteiger partial charge in [0.1, 0.15) is 0 Å². The Bertz CT molecular complexity index is 774. The molecule has 2 amide bonds. The van der Waals surface area contributed by atoms with E-state index in [2.05, 4.69) is 48.2 Å². The normalized spacial score (nSPS) is 30.0. The molecule has 0 aromatic heterocycles.